The van der Waals surface area contributed by atoms with Crippen molar-refractivity contribution in [2.45, 2.75) is 45.6 Å². The molecule has 1 aromatic heterocycles. The van der Waals surface area contributed by atoms with Gasteiger partial charge >= 0.3 is 0 Å². The number of piperidine rings is 1. The fourth-order valence-electron chi connectivity index (χ4n) is 3.96. The minimum absolute atomic E-state index is 0.0194. The lowest BCUT2D eigenvalue weighted by Gasteiger charge is -2.32. The van der Waals surface area contributed by atoms with Gasteiger partial charge in [0.15, 0.2) is 5.82 Å². The number of nitrogens with one attached hydrogen (secondary N) is 1. The minimum atomic E-state index is 0.0194. The Hall–Kier alpha value is -2.99. The van der Waals surface area contributed by atoms with Crippen LogP contribution >= 0.6 is 0 Å². The maximum absolute atomic E-state index is 12.8. The first-order valence-electron chi connectivity index (χ1n) is 11.1. The second-order valence-electron chi connectivity index (χ2n) is 8.63. The van der Waals surface area contributed by atoms with Crippen LogP contribution in [-0.4, -0.2) is 34.0 Å². The molecule has 0 saturated carbocycles. The van der Waals surface area contributed by atoms with Crippen molar-refractivity contribution in [3.05, 3.63) is 77.4 Å². The molecular formula is C25H30N4O2. The van der Waals surface area contributed by atoms with Gasteiger partial charge in [0.05, 0.1) is 5.92 Å². The van der Waals surface area contributed by atoms with Gasteiger partial charge in [-0.05, 0) is 42.6 Å². The van der Waals surface area contributed by atoms with Crippen LogP contribution in [0.25, 0.3) is 0 Å². The van der Waals surface area contributed by atoms with Gasteiger partial charge in [-0.1, -0.05) is 61.5 Å². The van der Waals surface area contributed by atoms with E-state index in [1.54, 1.807) is 0 Å². The Morgan fingerprint density at radius 2 is 1.90 bits per heavy atom. The Balaban J connectivity index is 1.30. The van der Waals surface area contributed by atoms with E-state index in [0.29, 0.717) is 18.1 Å². The van der Waals surface area contributed by atoms with Crippen molar-refractivity contribution in [1.82, 2.24) is 15.0 Å². The molecule has 162 valence electrons. The van der Waals surface area contributed by atoms with Crippen LogP contribution in [0.3, 0.4) is 0 Å². The molecular weight excluding hydrogens is 388 g/mol. The van der Waals surface area contributed by atoms with Gasteiger partial charge in [0.2, 0.25) is 11.8 Å². The zero-order valence-corrected chi connectivity index (χ0v) is 18.3. The first kappa shape index (κ1) is 21.2. The number of anilines is 1. The SMILES string of the molecule is CC(C)c1nc(Cc2ccc(NC(=O)[C@@H]3CCCN(Cc4ccccc4)C3)cc2)no1. The van der Waals surface area contributed by atoms with Gasteiger partial charge in [-0.2, -0.15) is 4.98 Å². The predicted octanol–water partition coefficient (Wildman–Crippen LogP) is 4.63. The monoisotopic (exact) mass is 418 g/mol. The molecule has 0 unspecified atom stereocenters. The molecule has 1 aliphatic rings. The summed E-state index contributed by atoms with van der Waals surface area (Å²) >= 11 is 0. The van der Waals surface area contributed by atoms with Gasteiger partial charge in [-0.25, -0.2) is 0 Å². The van der Waals surface area contributed by atoms with E-state index >= 15 is 0 Å². The number of hydrogen-bond acceptors (Lipinski definition) is 5. The zero-order valence-electron chi connectivity index (χ0n) is 18.3. The molecule has 31 heavy (non-hydrogen) atoms. The van der Waals surface area contributed by atoms with E-state index in [4.69, 9.17) is 4.52 Å². The summed E-state index contributed by atoms with van der Waals surface area (Å²) in [6.07, 6.45) is 2.60. The molecule has 2 aromatic carbocycles. The first-order valence-corrected chi connectivity index (χ1v) is 11.1. The van der Waals surface area contributed by atoms with Crippen LogP contribution in [0, 0.1) is 5.92 Å². The maximum Gasteiger partial charge on any atom is 0.229 e. The number of aromatic nitrogens is 2. The average Bonchev–Trinajstić information content (AvgIpc) is 3.25. The maximum atomic E-state index is 12.8. The third kappa shape index (κ3) is 5.79. The van der Waals surface area contributed by atoms with E-state index in [0.717, 1.165) is 43.7 Å². The van der Waals surface area contributed by atoms with Crippen molar-refractivity contribution in [3.8, 4) is 0 Å². The molecule has 0 bridgehead atoms. The number of benzene rings is 2. The second-order valence-corrected chi connectivity index (χ2v) is 8.63. The van der Waals surface area contributed by atoms with Crippen molar-refractivity contribution in [2.75, 3.05) is 18.4 Å². The summed E-state index contributed by atoms with van der Waals surface area (Å²) in [6.45, 7) is 6.80. The van der Waals surface area contributed by atoms with E-state index in [2.05, 4.69) is 44.6 Å². The van der Waals surface area contributed by atoms with Gasteiger partial charge in [-0.15, -0.1) is 0 Å². The molecule has 0 spiro atoms. The van der Waals surface area contributed by atoms with Crippen LogP contribution in [0.1, 0.15) is 55.4 Å². The summed E-state index contributed by atoms with van der Waals surface area (Å²) in [6, 6.07) is 18.3. The highest BCUT2D eigenvalue weighted by molar-refractivity contribution is 5.92. The number of hydrogen-bond donors (Lipinski definition) is 1. The summed E-state index contributed by atoms with van der Waals surface area (Å²) in [5.41, 5.74) is 3.20. The van der Waals surface area contributed by atoms with Crippen molar-refractivity contribution in [1.29, 1.82) is 0 Å². The van der Waals surface area contributed by atoms with Gasteiger partial charge in [-0.3, -0.25) is 9.69 Å². The minimum Gasteiger partial charge on any atom is -0.339 e. The molecule has 1 amide bonds. The highest BCUT2D eigenvalue weighted by Gasteiger charge is 2.25. The highest BCUT2D eigenvalue weighted by atomic mass is 16.5. The van der Waals surface area contributed by atoms with Gasteiger partial charge < -0.3 is 9.84 Å². The van der Waals surface area contributed by atoms with Gasteiger partial charge in [0.25, 0.3) is 0 Å². The Bertz CT molecular complexity index is 982. The number of likely N-dealkylation sites (tertiary alicyclic amines) is 1. The lowest BCUT2D eigenvalue weighted by Crippen LogP contribution is -2.40. The molecule has 4 rings (SSSR count). The molecule has 1 aliphatic heterocycles. The second kappa shape index (κ2) is 9.88. The van der Waals surface area contributed by atoms with E-state index < -0.39 is 0 Å². The molecule has 6 heteroatoms. The molecule has 1 fully saturated rings. The molecule has 1 atom stereocenters. The standard InChI is InChI=1S/C25H30N4O2/c1-18(2)25-27-23(28-31-25)15-19-10-12-22(13-11-19)26-24(30)21-9-6-14-29(17-21)16-20-7-4-3-5-8-20/h3-5,7-8,10-13,18,21H,6,9,14-17H2,1-2H3,(H,26,30)/t21-/m1/s1. The summed E-state index contributed by atoms with van der Waals surface area (Å²) < 4.78 is 5.27. The van der Waals surface area contributed by atoms with Crippen LogP contribution < -0.4 is 5.32 Å². The number of carbonyl (C=O) groups excluding carboxylic acids is 1. The zero-order chi connectivity index (χ0) is 21.6. The molecule has 0 radical (unpaired) electrons. The summed E-state index contributed by atoms with van der Waals surface area (Å²) in [5.74, 6) is 1.69. The quantitative estimate of drug-likeness (QED) is 0.605. The number of rotatable bonds is 7. The Kier molecular flexibility index (Phi) is 6.77. The largest absolute Gasteiger partial charge is 0.339 e. The fourth-order valence-corrected chi connectivity index (χ4v) is 3.96. The van der Waals surface area contributed by atoms with Crippen molar-refractivity contribution < 1.29 is 9.32 Å². The molecule has 0 aliphatic carbocycles. The van der Waals surface area contributed by atoms with E-state index in [9.17, 15) is 4.79 Å². The van der Waals surface area contributed by atoms with Crippen molar-refractivity contribution in [3.63, 3.8) is 0 Å². The molecule has 2 heterocycles. The third-order valence-electron chi connectivity index (χ3n) is 5.69. The lowest BCUT2D eigenvalue weighted by molar-refractivity contribution is -0.121. The van der Waals surface area contributed by atoms with Crippen LogP contribution in [0.4, 0.5) is 5.69 Å². The highest BCUT2D eigenvalue weighted by Crippen LogP contribution is 2.21. The Morgan fingerprint density at radius 1 is 1.13 bits per heavy atom. The normalized spacial score (nSPS) is 17.1. The number of amides is 1. The van der Waals surface area contributed by atoms with E-state index in [1.165, 1.54) is 5.56 Å². The number of nitrogens with zero attached hydrogens (tertiary/aromatic N) is 3. The van der Waals surface area contributed by atoms with E-state index in [-0.39, 0.29) is 17.7 Å². The van der Waals surface area contributed by atoms with Crippen molar-refractivity contribution >= 4 is 11.6 Å². The Labute approximate surface area is 183 Å². The molecule has 6 nitrogen and oxygen atoms in total. The smallest absolute Gasteiger partial charge is 0.229 e. The predicted molar refractivity (Wildman–Crippen MR) is 121 cm³/mol. The summed E-state index contributed by atoms with van der Waals surface area (Å²) in [4.78, 5) is 19.6. The molecule has 1 saturated heterocycles. The van der Waals surface area contributed by atoms with Crippen LogP contribution in [0.15, 0.2) is 59.1 Å². The molecule has 1 N–H and O–H groups in total. The van der Waals surface area contributed by atoms with Gasteiger partial charge in [0, 0.05) is 31.1 Å². The fraction of sp³-hybridized carbons (Fsp3) is 0.400. The topological polar surface area (TPSA) is 71.3 Å². The van der Waals surface area contributed by atoms with Crippen LogP contribution in [0.5, 0.6) is 0 Å². The van der Waals surface area contributed by atoms with Crippen molar-refractivity contribution in [2.24, 2.45) is 5.92 Å². The average molecular weight is 419 g/mol. The van der Waals surface area contributed by atoms with Crippen LogP contribution in [-0.2, 0) is 17.8 Å². The number of carbonyl (C=O) groups is 1. The summed E-state index contributed by atoms with van der Waals surface area (Å²) in [5, 5.41) is 7.13. The Morgan fingerprint density at radius 3 is 2.61 bits per heavy atom. The van der Waals surface area contributed by atoms with Gasteiger partial charge in [0.1, 0.15) is 0 Å². The molecule has 3 aromatic rings. The lowest BCUT2D eigenvalue weighted by atomic mass is 9.96. The van der Waals surface area contributed by atoms with Crippen LogP contribution in [0.2, 0.25) is 0 Å². The first-order chi connectivity index (χ1) is 15.1. The summed E-state index contributed by atoms with van der Waals surface area (Å²) in [7, 11) is 0. The van der Waals surface area contributed by atoms with E-state index in [1.807, 2.05) is 44.2 Å². The third-order valence-corrected chi connectivity index (χ3v) is 5.69.